The fourth-order valence-corrected chi connectivity index (χ4v) is 2.13. The molecule has 2 rings (SSSR count). The van der Waals surface area contributed by atoms with E-state index in [9.17, 15) is 9.59 Å². The zero-order valence-electron chi connectivity index (χ0n) is 10.2. The summed E-state index contributed by atoms with van der Waals surface area (Å²) in [6.45, 7) is -0.0138. The molecular formula is C13H11BrN2O3. The van der Waals surface area contributed by atoms with Crippen molar-refractivity contribution in [3.8, 4) is 5.75 Å². The van der Waals surface area contributed by atoms with Gasteiger partial charge < -0.3 is 9.30 Å². The molecule has 0 aliphatic rings. The fourth-order valence-electron chi connectivity index (χ4n) is 1.59. The highest BCUT2D eigenvalue weighted by atomic mass is 79.9. The lowest BCUT2D eigenvalue weighted by atomic mass is 10.1. The van der Waals surface area contributed by atoms with E-state index in [2.05, 4.69) is 20.9 Å². The molecule has 2 aromatic rings. The molecular weight excluding hydrogens is 312 g/mol. The quantitative estimate of drug-likeness (QED) is 0.806. The van der Waals surface area contributed by atoms with Gasteiger partial charge in [-0.2, -0.15) is 0 Å². The normalized spacial score (nSPS) is 10.2. The lowest BCUT2D eigenvalue weighted by Gasteiger charge is -2.07. The number of carbonyl (C=O) groups is 1. The number of benzene rings is 1. The minimum absolute atomic E-state index is 0.0138. The molecule has 0 fully saturated rings. The van der Waals surface area contributed by atoms with Crippen molar-refractivity contribution < 1.29 is 9.53 Å². The minimum atomic E-state index is -0.302. The molecule has 98 valence electrons. The number of hydrogen-bond acceptors (Lipinski definition) is 4. The molecule has 0 aliphatic carbocycles. The van der Waals surface area contributed by atoms with Crippen LogP contribution in [-0.4, -0.2) is 22.4 Å². The molecule has 1 heterocycles. The van der Waals surface area contributed by atoms with E-state index in [1.165, 1.54) is 23.2 Å². The van der Waals surface area contributed by atoms with Gasteiger partial charge in [-0.3, -0.25) is 14.6 Å². The summed E-state index contributed by atoms with van der Waals surface area (Å²) in [5.41, 5.74) is 0.208. The first-order valence-electron chi connectivity index (χ1n) is 5.49. The van der Waals surface area contributed by atoms with Gasteiger partial charge in [0.2, 0.25) is 0 Å². The molecule has 0 saturated heterocycles. The number of carbonyl (C=O) groups excluding carboxylic acids is 1. The molecule has 0 N–H and O–H groups in total. The van der Waals surface area contributed by atoms with Crippen LogP contribution in [0.5, 0.6) is 5.75 Å². The van der Waals surface area contributed by atoms with E-state index in [-0.39, 0.29) is 17.9 Å². The van der Waals surface area contributed by atoms with Crippen molar-refractivity contribution in [2.45, 2.75) is 6.54 Å². The summed E-state index contributed by atoms with van der Waals surface area (Å²) in [4.78, 5) is 27.2. The Kier molecular flexibility index (Phi) is 4.11. The molecule has 0 aliphatic heterocycles. The molecule has 0 spiro atoms. The van der Waals surface area contributed by atoms with Crippen LogP contribution in [0.15, 0.2) is 46.1 Å². The van der Waals surface area contributed by atoms with Crippen molar-refractivity contribution in [1.82, 2.24) is 9.55 Å². The summed E-state index contributed by atoms with van der Waals surface area (Å²) in [6, 6.07) is 5.04. The van der Waals surface area contributed by atoms with Crippen LogP contribution in [0.1, 0.15) is 10.4 Å². The van der Waals surface area contributed by atoms with E-state index in [4.69, 9.17) is 4.74 Å². The minimum Gasteiger partial charge on any atom is -0.496 e. The fraction of sp³-hybridized carbons (Fsp3) is 0.154. The van der Waals surface area contributed by atoms with Crippen LogP contribution in [0.4, 0.5) is 0 Å². The van der Waals surface area contributed by atoms with Gasteiger partial charge in [0.1, 0.15) is 5.75 Å². The van der Waals surface area contributed by atoms with Crippen LogP contribution in [0, 0.1) is 0 Å². The van der Waals surface area contributed by atoms with Gasteiger partial charge in [0.25, 0.3) is 5.56 Å². The number of Topliss-reactive ketones (excluding diaryl/α,β-unsaturated/α-hetero) is 1. The van der Waals surface area contributed by atoms with E-state index in [1.807, 2.05) is 0 Å². The average molecular weight is 323 g/mol. The predicted molar refractivity (Wildman–Crippen MR) is 73.5 cm³/mol. The van der Waals surface area contributed by atoms with E-state index in [0.717, 1.165) is 0 Å². The van der Waals surface area contributed by atoms with Crippen molar-refractivity contribution in [1.29, 1.82) is 0 Å². The van der Waals surface area contributed by atoms with Crippen LogP contribution in [0.25, 0.3) is 0 Å². The second-order valence-electron chi connectivity index (χ2n) is 3.81. The first-order chi connectivity index (χ1) is 9.11. The molecule has 1 aromatic heterocycles. The Bertz CT molecular complexity index is 667. The Labute approximate surface area is 118 Å². The maximum Gasteiger partial charge on any atom is 0.269 e. The number of rotatable bonds is 4. The zero-order chi connectivity index (χ0) is 13.8. The first kappa shape index (κ1) is 13.5. The highest BCUT2D eigenvalue weighted by molar-refractivity contribution is 9.10. The van der Waals surface area contributed by atoms with Crippen molar-refractivity contribution in [2.24, 2.45) is 0 Å². The maximum atomic E-state index is 12.1. The molecule has 6 heteroatoms. The predicted octanol–water partition coefficient (Wildman–Crippen LogP) is 1.90. The highest BCUT2D eigenvalue weighted by Gasteiger charge is 2.10. The largest absolute Gasteiger partial charge is 0.496 e. The lowest BCUT2D eigenvalue weighted by molar-refractivity contribution is 0.0970. The SMILES string of the molecule is COc1ccc(C(=O)Cn2ccncc2=O)cc1Br. The van der Waals surface area contributed by atoms with Crippen LogP contribution in [-0.2, 0) is 6.54 Å². The highest BCUT2D eigenvalue weighted by Crippen LogP contribution is 2.25. The Morgan fingerprint density at radius 3 is 2.89 bits per heavy atom. The van der Waals surface area contributed by atoms with Crippen molar-refractivity contribution in [3.05, 3.63) is 57.2 Å². The summed E-state index contributed by atoms with van der Waals surface area (Å²) in [7, 11) is 1.55. The third-order valence-electron chi connectivity index (χ3n) is 2.59. The first-order valence-corrected chi connectivity index (χ1v) is 6.28. The standard InChI is InChI=1S/C13H11BrN2O3/c1-19-12-3-2-9(6-10(12)14)11(17)8-16-5-4-15-7-13(16)18/h2-7H,8H2,1H3. The van der Waals surface area contributed by atoms with Crippen LogP contribution in [0.3, 0.4) is 0 Å². The number of halogens is 1. The van der Waals surface area contributed by atoms with Crippen molar-refractivity contribution >= 4 is 21.7 Å². The Morgan fingerprint density at radius 2 is 2.26 bits per heavy atom. The van der Waals surface area contributed by atoms with Crippen LogP contribution >= 0.6 is 15.9 Å². The summed E-state index contributed by atoms with van der Waals surface area (Å²) in [5.74, 6) is 0.495. The van der Waals surface area contributed by atoms with Crippen LogP contribution in [0.2, 0.25) is 0 Å². The number of ketones is 1. The topological polar surface area (TPSA) is 61.2 Å². The molecule has 19 heavy (non-hydrogen) atoms. The van der Waals surface area contributed by atoms with Crippen molar-refractivity contribution in [3.63, 3.8) is 0 Å². The summed E-state index contributed by atoms with van der Waals surface area (Å²) >= 11 is 3.32. The number of hydrogen-bond donors (Lipinski definition) is 0. The van der Waals surface area contributed by atoms with Gasteiger partial charge in [0.05, 0.1) is 24.3 Å². The number of methoxy groups -OCH3 is 1. The molecule has 0 amide bonds. The van der Waals surface area contributed by atoms with Gasteiger partial charge in [0, 0.05) is 18.0 Å². The monoisotopic (exact) mass is 322 g/mol. The zero-order valence-corrected chi connectivity index (χ0v) is 11.8. The third-order valence-corrected chi connectivity index (χ3v) is 3.21. The Balaban J connectivity index is 2.23. The molecule has 0 bridgehead atoms. The van der Waals surface area contributed by atoms with E-state index >= 15 is 0 Å². The Morgan fingerprint density at radius 1 is 1.47 bits per heavy atom. The molecule has 5 nitrogen and oxygen atoms in total. The number of aromatic nitrogens is 2. The number of ether oxygens (including phenoxy) is 1. The van der Waals surface area contributed by atoms with E-state index < -0.39 is 0 Å². The molecule has 0 unspecified atom stereocenters. The average Bonchev–Trinajstić information content (AvgIpc) is 2.41. The summed E-state index contributed by atoms with van der Waals surface area (Å²) < 4.78 is 7.11. The van der Waals surface area contributed by atoms with Gasteiger partial charge in [0.15, 0.2) is 5.78 Å². The van der Waals surface area contributed by atoms with Gasteiger partial charge in [-0.25, -0.2) is 0 Å². The third kappa shape index (κ3) is 3.08. The molecule has 1 aromatic carbocycles. The number of nitrogens with zero attached hydrogens (tertiary/aromatic N) is 2. The second kappa shape index (κ2) is 5.79. The summed E-state index contributed by atoms with van der Waals surface area (Å²) in [6.07, 6.45) is 4.13. The Hall–Kier alpha value is -1.95. The summed E-state index contributed by atoms with van der Waals surface area (Å²) in [5, 5.41) is 0. The lowest BCUT2D eigenvalue weighted by Crippen LogP contribution is -2.23. The van der Waals surface area contributed by atoms with Crippen molar-refractivity contribution in [2.75, 3.05) is 7.11 Å². The second-order valence-corrected chi connectivity index (χ2v) is 4.67. The molecule has 0 atom stereocenters. The molecule has 0 saturated carbocycles. The van der Waals surface area contributed by atoms with Gasteiger partial charge in [-0.05, 0) is 34.1 Å². The van der Waals surface area contributed by atoms with E-state index in [0.29, 0.717) is 15.8 Å². The van der Waals surface area contributed by atoms with Crippen LogP contribution < -0.4 is 10.3 Å². The van der Waals surface area contributed by atoms with Gasteiger partial charge in [-0.1, -0.05) is 0 Å². The smallest absolute Gasteiger partial charge is 0.269 e. The van der Waals surface area contributed by atoms with Gasteiger partial charge in [-0.15, -0.1) is 0 Å². The van der Waals surface area contributed by atoms with E-state index in [1.54, 1.807) is 25.3 Å². The maximum absolute atomic E-state index is 12.1. The molecule has 0 radical (unpaired) electrons. The van der Waals surface area contributed by atoms with Gasteiger partial charge >= 0.3 is 0 Å².